The van der Waals surface area contributed by atoms with Crippen LogP contribution in [0.1, 0.15) is 31.2 Å². The minimum absolute atomic E-state index is 0.252. The lowest BCUT2D eigenvalue weighted by Gasteiger charge is -2.31. The monoisotopic (exact) mass is 259 g/mol. The number of methoxy groups -OCH3 is 1. The first kappa shape index (κ1) is 13.5. The van der Waals surface area contributed by atoms with E-state index in [0.29, 0.717) is 32.1 Å². The molecule has 100 valence electrons. The van der Waals surface area contributed by atoms with E-state index in [0.717, 1.165) is 11.3 Å². The topological polar surface area (TPSA) is 55.7 Å². The van der Waals surface area contributed by atoms with Crippen LogP contribution in [0, 0.1) is 0 Å². The molecule has 1 aromatic rings. The van der Waals surface area contributed by atoms with Crippen LogP contribution in [0.5, 0.6) is 5.75 Å². The van der Waals surface area contributed by atoms with Crippen LogP contribution in [0.25, 0.3) is 0 Å². The Morgan fingerprint density at radius 1 is 1.37 bits per heavy atom. The van der Waals surface area contributed by atoms with E-state index in [1.807, 2.05) is 24.3 Å². The fourth-order valence-corrected chi connectivity index (χ4v) is 2.58. The Labute approximate surface area is 112 Å². The van der Waals surface area contributed by atoms with Gasteiger partial charge in [-0.05, 0) is 37.0 Å². The first-order valence-corrected chi connectivity index (χ1v) is 6.41. The fraction of sp³-hybridized carbons (Fsp3) is 0.467. The Balaban J connectivity index is 2.20. The van der Waals surface area contributed by atoms with Crippen molar-refractivity contribution in [1.29, 1.82) is 0 Å². The molecule has 1 aliphatic rings. The van der Waals surface area contributed by atoms with Crippen molar-refractivity contribution in [3.05, 3.63) is 29.8 Å². The molecule has 0 aromatic heterocycles. The van der Waals surface area contributed by atoms with Gasteiger partial charge in [0.1, 0.15) is 11.5 Å². The molecule has 0 amide bonds. The first-order chi connectivity index (χ1) is 9.17. The van der Waals surface area contributed by atoms with Gasteiger partial charge in [0.15, 0.2) is 0 Å². The summed E-state index contributed by atoms with van der Waals surface area (Å²) in [4.78, 5) is 26.0. The molecule has 0 spiro atoms. The number of nitrogens with zero attached hydrogens (tertiary/aromatic N) is 1. The van der Waals surface area contributed by atoms with Gasteiger partial charge in [0, 0.05) is 12.8 Å². The van der Waals surface area contributed by atoms with Gasteiger partial charge >= 0.3 is 0 Å². The van der Waals surface area contributed by atoms with E-state index in [2.05, 4.69) is 4.99 Å². The van der Waals surface area contributed by atoms with E-state index in [1.54, 1.807) is 13.2 Å². The Hall–Kier alpha value is -1.93. The normalized spacial score (nSPS) is 17.6. The van der Waals surface area contributed by atoms with Crippen LogP contribution in [0.4, 0.5) is 0 Å². The molecule has 1 fully saturated rings. The van der Waals surface area contributed by atoms with Crippen LogP contribution in [0.15, 0.2) is 29.3 Å². The van der Waals surface area contributed by atoms with Crippen LogP contribution in [-0.2, 0) is 16.0 Å². The van der Waals surface area contributed by atoms with Gasteiger partial charge in [0.25, 0.3) is 0 Å². The van der Waals surface area contributed by atoms with Gasteiger partial charge in [0.2, 0.25) is 6.08 Å². The highest BCUT2D eigenvalue weighted by Crippen LogP contribution is 2.33. The van der Waals surface area contributed by atoms with E-state index in [-0.39, 0.29) is 5.78 Å². The Morgan fingerprint density at radius 2 is 2.11 bits per heavy atom. The van der Waals surface area contributed by atoms with E-state index in [4.69, 9.17) is 4.74 Å². The van der Waals surface area contributed by atoms with Crippen LogP contribution in [0.2, 0.25) is 0 Å². The molecule has 0 heterocycles. The summed E-state index contributed by atoms with van der Waals surface area (Å²) in [6.45, 7) is 0. The summed E-state index contributed by atoms with van der Waals surface area (Å²) >= 11 is 0. The summed E-state index contributed by atoms with van der Waals surface area (Å²) in [6.07, 6.45) is 4.56. The summed E-state index contributed by atoms with van der Waals surface area (Å²) in [6, 6.07) is 7.73. The maximum atomic E-state index is 11.3. The van der Waals surface area contributed by atoms with Gasteiger partial charge in [-0.2, -0.15) is 4.99 Å². The average molecular weight is 259 g/mol. The summed E-state index contributed by atoms with van der Waals surface area (Å²) in [5.41, 5.74) is 0.592. The number of ether oxygens (including phenoxy) is 1. The second-order valence-corrected chi connectivity index (χ2v) is 4.99. The summed E-state index contributed by atoms with van der Waals surface area (Å²) < 4.78 is 5.19. The molecule has 0 N–H and O–H groups in total. The fourth-order valence-electron chi connectivity index (χ4n) is 2.58. The van der Waals surface area contributed by atoms with Gasteiger partial charge in [-0.25, -0.2) is 4.79 Å². The van der Waals surface area contributed by atoms with Crippen LogP contribution in [0.3, 0.4) is 0 Å². The number of hydrogen-bond donors (Lipinski definition) is 0. The lowest BCUT2D eigenvalue weighted by atomic mass is 9.77. The molecule has 19 heavy (non-hydrogen) atoms. The maximum Gasteiger partial charge on any atom is 0.235 e. The molecule has 1 aromatic carbocycles. The van der Waals surface area contributed by atoms with E-state index < -0.39 is 5.54 Å². The third-order valence-corrected chi connectivity index (χ3v) is 3.69. The van der Waals surface area contributed by atoms with Crippen LogP contribution in [-0.4, -0.2) is 24.5 Å². The molecule has 0 bridgehead atoms. The van der Waals surface area contributed by atoms with Crippen LogP contribution < -0.4 is 4.74 Å². The smallest absolute Gasteiger partial charge is 0.235 e. The zero-order valence-corrected chi connectivity index (χ0v) is 11.0. The van der Waals surface area contributed by atoms with Crippen molar-refractivity contribution in [2.24, 2.45) is 4.99 Å². The first-order valence-electron chi connectivity index (χ1n) is 6.41. The zero-order valence-electron chi connectivity index (χ0n) is 11.0. The van der Waals surface area contributed by atoms with Crippen molar-refractivity contribution in [3.63, 3.8) is 0 Å². The van der Waals surface area contributed by atoms with Gasteiger partial charge in [0.05, 0.1) is 12.6 Å². The Bertz CT molecular complexity index is 508. The van der Waals surface area contributed by atoms with Crippen molar-refractivity contribution in [3.8, 4) is 5.75 Å². The number of aliphatic imine (C=N–C) groups is 1. The Morgan fingerprint density at radius 3 is 2.74 bits per heavy atom. The lowest BCUT2D eigenvalue weighted by Crippen LogP contribution is -2.34. The van der Waals surface area contributed by atoms with E-state index >= 15 is 0 Å². The second kappa shape index (κ2) is 5.81. The molecule has 0 saturated heterocycles. The number of carbonyl (C=O) groups excluding carboxylic acids is 2. The second-order valence-electron chi connectivity index (χ2n) is 4.99. The minimum atomic E-state index is -0.470. The zero-order chi connectivity index (χ0) is 13.7. The van der Waals surface area contributed by atoms with Gasteiger partial charge < -0.3 is 4.74 Å². The standard InChI is InChI=1S/C15H17NO3/c1-19-14-4-2-3-12(9-14)10-15(16-11-17)7-5-13(18)6-8-15/h2-4,9H,5-8,10H2,1H3. The molecule has 4 nitrogen and oxygen atoms in total. The van der Waals surface area contributed by atoms with E-state index in [9.17, 15) is 9.59 Å². The number of ketones is 1. The molecular formula is C15H17NO3. The number of isocyanates is 1. The number of benzene rings is 1. The quantitative estimate of drug-likeness (QED) is 0.616. The van der Waals surface area contributed by atoms with Gasteiger partial charge in [-0.3, -0.25) is 4.79 Å². The molecular weight excluding hydrogens is 242 g/mol. The number of hydrogen-bond acceptors (Lipinski definition) is 4. The minimum Gasteiger partial charge on any atom is -0.497 e. The van der Waals surface area contributed by atoms with Crippen molar-refractivity contribution >= 4 is 11.9 Å². The van der Waals surface area contributed by atoms with E-state index in [1.165, 1.54) is 0 Å². The molecule has 1 aliphatic carbocycles. The third kappa shape index (κ3) is 3.30. The Kier molecular flexibility index (Phi) is 4.13. The summed E-state index contributed by atoms with van der Waals surface area (Å²) in [5.74, 6) is 1.04. The van der Waals surface area contributed by atoms with Gasteiger partial charge in [-0.1, -0.05) is 12.1 Å². The highest BCUT2D eigenvalue weighted by molar-refractivity contribution is 5.79. The number of rotatable bonds is 4. The molecule has 0 unspecified atom stereocenters. The largest absolute Gasteiger partial charge is 0.497 e. The van der Waals surface area contributed by atoms with Gasteiger partial charge in [-0.15, -0.1) is 0 Å². The van der Waals surface area contributed by atoms with Crippen molar-refractivity contribution in [2.75, 3.05) is 7.11 Å². The molecule has 0 aliphatic heterocycles. The highest BCUT2D eigenvalue weighted by Gasteiger charge is 2.34. The molecule has 1 saturated carbocycles. The van der Waals surface area contributed by atoms with Crippen molar-refractivity contribution in [1.82, 2.24) is 0 Å². The SMILES string of the molecule is COc1cccc(CC2(N=C=O)CCC(=O)CC2)c1. The third-order valence-electron chi connectivity index (χ3n) is 3.69. The average Bonchev–Trinajstić information content (AvgIpc) is 2.43. The molecule has 4 heteroatoms. The maximum absolute atomic E-state index is 11.3. The van der Waals surface area contributed by atoms with Crippen molar-refractivity contribution < 1.29 is 14.3 Å². The lowest BCUT2D eigenvalue weighted by molar-refractivity contribution is -0.121. The molecule has 0 atom stereocenters. The molecule has 0 radical (unpaired) electrons. The predicted octanol–water partition coefficient (Wildman–Crippen LogP) is 2.46. The highest BCUT2D eigenvalue weighted by atomic mass is 16.5. The molecule has 2 rings (SSSR count). The summed E-state index contributed by atoms with van der Waals surface area (Å²) in [7, 11) is 1.62. The van der Waals surface area contributed by atoms with Crippen molar-refractivity contribution in [2.45, 2.75) is 37.6 Å². The summed E-state index contributed by atoms with van der Waals surface area (Å²) in [5, 5.41) is 0. The predicted molar refractivity (Wildman–Crippen MR) is 71.0 cm³/mol. The number of carbonyl (C=O) groups is 1. The number of Topliss-reactive ketones (excluding diaryl/α,β-unsaturated/α-hetero) is 1. The van der Waals surface area contributed by atoms with Crippen LogP contribution >= 0.6 is 0 Å².